The fourth-order valence-electron chi connectivity index (χ4n) is 6.54. The third kappa shape index (κ3) is 3.87. The predicted octanol–water partition coefficient (Wildman–Crippen LogP) is 11.1. The summed E-state index contributed by atoms with van der Waals surface area (Å²) >= 11 is 0. The van der Waals surface area contributed by atoms with E-state index in [0.717, 1.165) is 61.2 Å². The van der Waals surface area contributed by atoms with Crippen molar-refractivity contribution in [2.75, 3.05) is 0 Å². The van der Waals surface area contributed by atoms with Gasteiger partial charge in [0, 0.05) is 32.7 Å². The summed E-state index contributed by atoms with van der Waals surface area (Å²) in [5.74, 6) is 0. The van der Waals surface area contributed by atoms with Crippen LogP contribution >= 0.6 is 0 Å². The average molecular weight is 563 g/mol. The van der Waals surface area contributed by atoms with E-state index in [-0.39, 0.29) is 0 Å². The molecule has 0 N–H and O–H groups in total. The van der Waals surface area contributed by atoms with Crippen molar-refractivity contribution in [3.63, 3.8) is 0 Å². The van der Waals surface area contributed by atoms with Crippen molar-refractivity contribution in [1.29, 1.82) is 0 Å². The van der Waals surface area contributed by atoms with Crippen LogP contribution in [-0.2, 0) is 0 Å². The van der Waals surface area contributed by atoms with E-state index in [1.165, 1.54) is 21.9 Å². The van der Waals surface area contributed by atoms with E-state index in [2.05, 4.69) is 144 Å². The molecule has 0 saturated carbocycles. The van der Waals surface area contributed by atoms with Gasteiger partial charge in [-0.05, 0) is 47.5 Å². The van der Waals surface area contributed by atoms with Gasteiger partial charge in [0.1, 0.15) is 11.2 Å². The highest BCUT2D eigenvalue weighted by molar-refractivity contribution is 6.10. The molecule has 3 aromatic heterocycles. The molecular formula is C41H26N2O. The highest BCUT2D eigenvalue weighted by Gasteiger charge is 2.18. The standard InChI is InChI=1S/C41H26N2O/c1-2-11-27(12-3-1)28-21-23-29(24-22-28)36-25-30(43-38-18-7-4-13-31(38)32-14-5-8-19-39(32)43)26-37(42-36)35-17-10-16-34-33-15-6-9-20-40(33)44-41(34)35/h1-26H. The fourth-order valence-corrected chi connectivity index (χ4v) is 6.54. The Kier molecular flexibility index (Phi) is 5.50. The highest BCUT2D eigenvalue weighted by Crippen LogP contribution is 2.38. The lowest BCUT2D eigenvalue weighted by Crippen LogP contribution is -1.98. The molecule has 0 aliphatic rings. The van der Waals surface area contributed by atoms with Crippen LogP contribution in [0.4, 0.5) is 0 Å². The summed E-state index contributed by atoms with van der Waals surface area (Å²) in [4.78, 5) is 5.29. The topological polar surface area (TPSA) is 31.0 Å². The Morgan fingerprint density at radius 3 is 1.75 bits per heavy atom. The van der Waals surface area contributed by atoms with Crippen LogP contribution in [0.3, 0.4) is 0 Å². The van der Waals surface area contributed by atoms with Gasteiger partial charge in [-0.3, -0.25) is 0 Å². The maximum atomic E-state index is 6.47. The van der Waals surface area contributed by atoms with Crippen molar-refractivity contribution in [3.8, 4) is 39.3 Å². The first-order chi connectivity index (χ1) is 21.8. The summed E-state index contributed by atoms with van der Waals surface area (Å²) < 4.78 is 8.83. The van der Waals surface area contributed by atoms with Gasteiger partial charge in [-0.1, -0.05) is 121 Å². The first-order valence-corrected chi connectivity index (χ1v) is 14.9. The molecule has 0 radical (unpaired) electrons. The zero-order valence-electron chi connectivity index (χ0n) is 23.8. The van der Waals surface area contributed by atoms with Crippen LogP contribution in [0.15, 0.2) is 162 Å². The first-order valence-electron chi connectivity index (χ1n) is 14.9. The molecule has 9 aromatic rings. The van der Waals surface area contributed by atoms with E-state index in [4.69, 9.17) is 9.40 Å². The van der Waals surface area contributed by atoms with Crippen molar-refractivity contribution < 1.29 is 4.42 Å². The number of para-hydroxylation sites is 4. The smallest absolute Gasteiger partial charge is 0.144 e. The van der Waals surface area contributed by atoms with Crippen molar-refractivity contribution in [2.45, 2.75) is 0 Å². The van der Waals surface area contributed by atoms with Gasteiger partial charge in [0.05, 0.1) is 28.1 Å². The Balaban J connectivity index is 1.31. The zero-order valence-corrected chi connectivity index (χ0v) is 23.8. The molecule has 0 bridgehead atoms. The Hall–Kier alpha value is -5.93. The number of aromatic nitrogens is 2. The van der Waals surface area contributed by atoms with Crippen LogP contribution in [0.5, 0.6) is 0 Å². The number of hydrogen-bond donors (Lipinski definition) is 0. The normalized spacial score (nSPS) is 11.6. The molecule has 0 saturated heterocycles. The minimum absolute atomic E-state index is 0.853. The predicted molar refractivity (Wildman–Crippen MR) is 182 cm³/mol. The summed E-state index contributed by atoms with van der Waals surface area (Å²) in [6, 6.07) is 55.4. The second-order valence-electron chi connectivity index (χ2n) is 11.2. The molecule has 0 aliphatic carbocycles. The number of benzene rings is 6. The van der Waals surface area contributed by atoms with E-state index in [0.29, 0.717) is 0 Å². The molecule has 0 amide bonds. The summed E-state index contributed by atoms with van der Waals surface area (Å²) in [6.45, 7) is 0. The van der Waals surface area contributed by atoms with Crippen LogP contribution in [-0.4, -0.2) is 9.55 Å². The zero-order chi connectivity index (χ0) is 29.0. The van der Waals surface area contributed by atoms with Crippen molar-refractivity contribution in [2.24, 2.45) is 0 Å². The average Bonchev–Trinajstić information content (AvgIpc) is 3.65. The van der Waals surface area contributed by atoms with Gasteiger partial charge >= 0.3 is 0 Å². The molecule has 206 valence electrons. The van der Waals surface area contributed by atoms with Crippen molar-refractivity contribution in [1.82, 2.24) is 9.55 Å². The molecule has 3 nitrogen and oxygen atoms in total. The summed E-state index contributed by atoms with van der Waals surface area (Å²) in [5, 5.41) is 4.67. The summed E-state index contributed by atoms with van der Waals surface area (Å²) in [7, 11) is 0. The third-order valence-corrected chi connectivity index (χ3v) is 8.62. The van der Waals surface area contributed by atoms with E-state index in [1.807, 2.05) is 18.2 Å². The molecular weight excluding hydrogens is 536 g/mol. The van der Waals surface area contributed by atoms with Gasteiger partial charge in [-0.25, -0.2) is 4.98 Å². The Morgan fingerprint density at radius 2 is 1.00 bits per heavy atom. The van der Waals surface area contributed by atoms with Gasteiger partial charge in [-0.15, -0.1) is 0 Å². The number of fused-ring (bicyclic) bond motifs is 6. The lowest BCUT2D eigenvalue weighted by atomic mass is 10.0. The van der Waals surface area contributed by atoms with Gasteiger partial charge in [0.25, 0.3) is 0 Å². The molecule has 0 atom stereocenters. The molecule has 44 heavy (non-hydrogen) atoms. The fraction of sp³-hybridized carbons (Fsp3) is 0. The molecule has 0 fully saturated rings. The minimum Gasteiger partial charge on any atom is -0.455 e. The molecule has 0 spiro atoms. The van der Waals surface area contributed by atoms with Crippen LogP contribution in [0.1, 0.15) is 0 Å². The number of furan rings is 1. The van der Waals surface area contributed by atoms with Crippen LogP contribution in [0.2, 0.25) is 0 Å². The van der Waals surface area contributed by atoms with E-state index in [9.17, 15) is 0 Å². The lowest BCUT2D eigenvalue weighted by molar-refractivity contribution is 0.670. The van der Waals surface area contributed by atoms with Gasteiger partial charge < -0.3 is 8.98 Å². The van der Waals surface area contributed by atoms with E-state index >= 15 is 0 Å². The number of nitrogens with zero attached hydrogens (tertiary/aromatic N) is 2. The van der Waals surface area contributed by atoms with Crippen LogP contribution in [0, 0.1) is 0 Å². The largest absolute Gasteiger partial charge is 0.455 e. The second kappa shape index (κ2) is 9.82. The Labute approximate surface area is 254 Å². The molecule has 6 aromatic carbocycles. The molecule has 9 rings (SSSR count). The lowest BCUT2D eigenvalue weighted by Gasteiger charge is -2.14. The molecule has 0 aliphatic heterocycles. The van der Waals surface area contributed by atoms with Gasteiger partial charge in [-0.2, -0.15) is 0 Å². The third-order valence-electron chi connectivity index (χ3n) is 8.62. The van der Waals surface area contributed by atoms with Crippen LogP contribution < -0.4 is 0 Å². The van der Waals surface area contributed by atoms with Crippen molar-refractivity contribution in [3.05, 3.63) is 158 Å². The SMILES string of the molecule is c1ccc(-c2ccc(-c3cc(-n4c5ccccc5c5ccccc54)cc(-c4cccc5c4oc4ccccc45)n3)cc2)cc1. The number of hydrogen-bond acceptors (Lipinski definition) is 2. The van der Waals surface area contributed by atoms with Crippen LogP contribution in [0.25, 0.3) is 83.1 Å². The molecule has 0 unspecified atom stereocenters. The van der Waals surface area contributed by atoms with E-state index < -0.39 is 0 Å². The Morgan fingerprint density at radius 1 is 0.432 bits per heavy atom. The maximum Gasteiger partial charge on any atom is 0.144 e. The quantitative estimate of drug-likeness (QED) is 0.214. The molecule has 3 heteroatoms. The second-order valence-corrected chi connectivity index (χ2v) is 11.2. The van der Waals surface area contributed by atoms with Gasteiger partial charge in [0.2, 0.25) is 0 Å². The summed E-state index contributed by atoms with van der Waals surface area (Å²) in [6.07, 6.45) is 0. The Bertz CT molecular complexity index is 2430. The number of pyridine rings is 1. The highest BCUT2D eigenvalue weighted by atomic mass is 16.3. The summed E-state index contributed by atoms with van der Waals surface area (Å²) in [5.41, 5.74) is 11.3. The van der Waals surface area contributed by atoms with E-state index in [1.54, 1.807) is 0 Å². The maximum absolute atomic E-state index is 6.47. The van der Waals surface area contributed by atoms with Crippen molar-refractivity contribution >= 4 is 43.7 Å². The number of rotatable bonds is 4. The minimum atomic E-state index is 0.853. The first kappa shape index (κ1) is 24.6. The van der Waals surface area contributed by atoms with Gasteiger partial charge in [0.15, 0.2) is 0 Å². The monoisotopic (exact) mass is 562 g/mol. The molecule has 3 heterocycles.